The van der Waals surface area contributed by atoms with Gasteiger partial charge in [-0.2, -0.15) is 5.10 Å². The molecule has 0 aliphatic carbocycles. The van der Waals surface area contributed by atoms with Crippen LogP contribution >= 0.6 is 0 Å². The molecule has 0 bridgehead atoms. The van der Waals surface area contributed by atoms with Crippen molar-refractivity contribution in [3.8, 4) is 0 Å². The van der Waals surface area contributed by atoms with Crippen molar-refractivity contribution >= 4 is 0 Å². The minimum Gasteiger partial charge on any atom is -0.313 e. The third-order valence-corrected chi connectivity index (χ3v) is 3.95. The first-order chi connectivity index (χ1) is 9.42. The Morgan fingerprint density at radius 2 is 1.70 bits per heavy atom. The van der Waals surface area contributed by atoms with Crippen molar-refractivity contribution in [1.29, 1.82) is 0 Å². The molecule has 2 rings (SSSR count). The highest BCUT2D eigenvalue weighted by atomic mass is 15.3. The highest BCUT2D eigenvalue weighted by Gasteiger charge is 2.17. The Morgan fingerprint density at radius 3 is 2.15 bits per heavy atom. The molecule has 0 spiro atoms. The zero-order chi connectivity index (χ0) is 14.9. The van der Waals surface area contributed by atoms with Gasteiger partial charge in [0, 0.05) is 25.2 Å². The van der Waals surface area contributed by atoms with Crippen molar-refractivity contribution in [1.82, 2.24) is 15.1 Å². The number of hydrogen-bond acceptors (Lipinski definition) is 2. The Balaban J connectivity index is 2.36. The molecule has 0 saturated carbocycles. The van der Waals surface area contributed by atoms with Crippen LogP contribution in [-0.4, -0.2) is 16.8 Å². The van der Waals surface area contributed by atoms with E-state index in [1.165, 1.54) is 27.9 Å². The van der Waals surface area contributed by atoms with E-state index >= 15 is 0 Å². The van der Waals surface area contributed by atoms with Gasteiger partial charge in [0.2, 0.25) is 0 Å². The fourth-order valence-electron chi connectivity index (χ4n) is 3.15. The smallest absolute Gasteiger partial charge is 0.0596 e. The molecule has 1 aromatic heterocycles. The topological polar surface area (TPSA) is 29.9 Å². The molecule has 3 nitrogen and oxygen atoms in total. The summed E-state index contributed by atoms with van der Waals surface area (Å²) in [6.45, 7) is 8.60. The molecular formula is C17H25N3. The minimum atomic E-state index is 0.324. The summed E-state index contributed by atoms with van der Waals surface area (Å²) in [6.07, 6.45) is 0.957. The molecule has 0 radical (unpaired) electrons. The summed E-state index contributed by atoms with van der Waals surface area (Å²) in [5, 5.41) is 7.90. The second-order valence-electron chi connectivity index (χ2n) is 5.76. The lowest BCUT2D eigenvalue weighted by Crippen LogP contribution is -2.22. The largest absolute Gasteiger partial charge is 0.313 e. The molecule has 1 unspecified atom stereocenters. The van der Waals surface area contributed by atoms with E-state index in [4.69, 9.17) is 0 Å². The van der Waals surface area contributed by atoms with E-state index in [-0.39, 0.29) is 0 Å². The molecular weight excluding hydrogens is 246 g/mol. The molecule has 2 aromatic rings. The molecule has 0 saturated heterocycles. The first-order valence-corrected chi connectivity index (χ1v) is 7.17. The van der Waals surface area contributed by atoms with Gasteiger partial charge in [0.15, 0.2) is 0 Å². The van der Waals surface area contributed by atoms with Gasteiger partial charge in [0.25, 0.3) is 0 Å². The first-order valence-electron chi connectivity index (χ1n) is 7.17. The summed E-state index contributed by atoms with van der Waals surface area (Å²) in [5.41, 5.74) is 7.81. The number of nitrogens with one attached hydrogen (secondary N) is 1. The molecule has 0 amide bonds. The van der Waals surface area contributed by atoms with Crippen LogP contribution in [0, 0.1) is 27.7 Å². The summed E-state index contributed by atoms with van der Waals surface area (Å²) < 4.78 is 1.98. The van der Waals surface area contributed by atoms with Crippen molar-refractivity contribution in [2.45, 2.75) is 40.2 Å². The van der Waals surface area contributed by atoms with E-state index in [0.29, 0.717) is 6.04 Å². The van der Waals surface area contributed by atoms with Crippen LogP contribution in [0.2, 0.25) is 0 Å². The zero-order valence-corrected chi connectivity index (χ0v) is 13.4. The Morgan fingerprint density at radius 1 is 1.10 bits per heavy atom. The van der Waals surface area contributed by atoms with Gasteiger partial charge in [-0.1, -0.05) is 17.7 Å². The average molecular weight is 271 g/mol. The summed E-state index contributed by atoms with van der Waals surface area (Å²) in [4.78, 5) is 0. The SMILES string of the molecule is CNC(Cc1cc(C)nn1C)c1c(C)cc(C)cc1C. The van der Waals surface area contributed by atoms with Gasteiger partial charge in [0.05, 0.1) is 5.69 Å². The van der Waals surface area contributed by atoms with Crippen LogP contribution < -0.4 is 5.32 Å². The monoisotopic (exact) mass is 271 g/mol. The zero-order valence-electron chi connectivity index (χ0n) is 13.4. The van der Waals surface area contributed by atoms with Crippen LogP contribution in [0.5, 0.6) is 0 Å². The van der Waals surface area contributed by atoms with Crippen LogP contribution in [0.1, 0.15) is 39.7 Å². The van der Waals surface area contributed by atoms with E-state index in [2.05, 4.69) is 49.4 Å². The second-order valence-corrected chi connectivity index (χ2v) is 5.76. The fraction of sp³-hybridized carbons (Fsp3) is 0.471. The van der Waals surface area contributed by atoms with Crippen LogP contribution in [0.15, 0.2) is 18.2 Å². The van der Waals surface area contributed by atoms with Gasteiger partial charge in [-0.15, -0.1) is 0 Å². The molecule has 3 heteroatoms. The van der Waals surface area contributed by atoms with Gasteiger partial charge < -0.3 is 5.32 Å². The maximum absolute atomic E-state index is 4.44. The van der Waals surface area contributed by atoms with E-state index in [1.54, 1.807) is 0 Å². The number of hydrogen-bond donors (Lipinski definition) is 1. The molecule has 0 fully saturated rings. The Kier molecular flexibility index (Phi) is 4.29. The Labute approximate surface area is 122 Å². The fourth-order valence-corrected chi connectivity index (χ4v) is 3.15. The normalized spacial score (nSPS) is 12.7. The number of likely N-dealkylation sites (N-methyl/N-ethyl adjacent to an activating group) is 1. The number of rotatable bonds is 4. The molecule has 1 atom stereocenters. The van der Waals surface area contributed by atoms with Crippen molar-refractivity contribution in [2.75, 3.05) is 7.05 Å². The third-order valence-electron chi connectivity index (χ3n) is 3.95. The molecule has 1 N–H and O–H groups in total. The van der Waals surface area contributed by atoms with Crippen LogP contribution in [0.3, 0.4) is 0 Å². The summed E-state index contributed by atoms with van der Waals surface area (Å²) >= 11 is 0. The lowest BCUT2D eigenvalue weighted by atomic mass is 9.91. The van der Waals surface area contributed by atoms with Gasteiger partial charge >= 0.3 is 0 Å². The lowest BCUT2D eigenvalue weighted by Gasteiger charge is -2.22. The number of nitrogens with zero attached hydrogens (tertiary/aromatic N) is 2. The third kappa shape index (κ3) is 2.93. The van der Waals surface area contributed by atoms with Gasteiger partial charge in [-0.25, -0.2) is 0 Å². The highest BCUT2D eigenvalue weighted by molar-refractivity contribution is 5.40. The van der Waals surface area contributed by atoms with E-state index in [9.17, 15) is 0 Å². The number of aryl methyl sites for hydroxylation is 5. The minimum absolute atomic E-state index is 0.324. The predicted octanol–water partition coefficient (Wildman–Crippen LogP) is 3.16. The predicted molar refractivity (Wildman–Crippen MR) is 84.1 cm³/mol. The summed E-state index contributed by atoms with van der Waals surface area (Å²) in [5.74, 6) is 0. The van der Waals surface area contributed by atoms with Crippen molar-refractivity contribution in [3.05, 3.63) is 51.8 Å². The van der Waals surface area contributed by atoms with Gasteiger partial charge in [-0.05, 0) is 57.5 Å². The summed E-state index contributed by atoms with van der Waals surface area (Å²) in [6, 6.07) is 7.02. The Hall–Kier alpha value is -1.61. The lowest BCUT2D eigenvalue weighted by molar-refractivity contribution is 0.556. The van der Waals surface area contributed by atoms with Crippen LogP contribution in [-0.2, 0) is 13.5 Å². The van der Waals surface area contributed by atoms with Crippen molar-refractivity contribution < 1.29 is 0 Å². The average Bonchev–Trinajstić information content (AvgIpc) is 2.65. The van der Waals surface area contributed by atoms with E-state index in [1.807, 2.05) is 25.7 Å². The van der Waals surface area contributed by atoms with E-state index < -0.39 is 0 Å². The number of benzene rings is 1. The maximum Gasteiger partial charge on any atom is 0.0596 e. The van der Waals surface area contributed by atoms with Gasteiger partial charge in [0.1, 0.15) is 0 Å². The molecule has 0 aliphatic heterocycles. The second kappa shape index (κ2) is 5.80. The molecule has 0 aliphatic rings. The maximum atomic E-state index is 4.44. The Bertz CT molecular complexity index is 588. The quantitative estimate of drug-likeness (QED) is 0.925. The standard InChI is InChI=1S/C17H25N3/c1-11-7-12(2)17(13(3)8-11)16(18-5)10-15-9-14(4)19-20(15)6/h7-9,16,18H,10H2,1-6H3. The number of aromatic nitrogens is 2. The molecule has 20 heavy (non-hydrogen) atoms. The van der Waals surface area contributed by atoms with Crippen molar-refractivity contribution in [2.24, 2.45) is 7.05 Å². The van der Waals surface area contributed by atoms with Crippen molar-refractivity contribution in [3.63, 3.8) is 0 Å². The first kappa shape index (κ1) is 14.8. The molecule has 1 heterocycles. The van der Waals surface area contributed by atoms with E-state index in [0.717, 1.165) is 12.1 Å². The highest BCUT2D eigenvalue weighted by Crippen LogP contribution is 2.26. The molecule has 1 aromatic carbocycles. The van der Waals surface area contributed by atoms with Crippen LogP contribution in [0.25, 0.3) is 0 Å². The molecule has 108 valence electrons. The van der Waals surface area contributed by atoms with Crippen LogP contribution in [0.4, 0.5) is 0 Å². The van der Waals surface area contributed by atoms with Gasteiger partial charge in [-0.3, -0.25) is 4.68 Å². The summed E-state index contributed by atoms with van der Waals surface area (Å²) in [7, 11) is 4.05.